The molecule has 3 rings (SSSR count). The van der Waals surface area contributed by atoms with Gasteiger partial charge in [-0.15, -0.1) is 0 Å². The van der Waals surface area contributed by atoms with Crippen molar-refractivity contribution in [3.8, 4) is 0 Å². The third kappa shape index (κ3) is 4.59. The van der Waals surface area contributed by atoms with Crippen LogP contribution in [0.2, 0.25) is 5.02 Å². The lowest BCUT2D eigenvalue weighted by molar-refractivity contribution is 0.0600. The number of hydrogen-bond acceptors (Lipinski definition) is 6. The first-order chi connectivity index (χ1) is 13.1. The molecule has 2 N–H and O–H groups in total. The van der Waals surface area contributed by atoms with E-state index in [4.69, 9.17) is 11.6 Å². The number of ether oxygens (including phenoxy) is 1. The number of hydrogen-bond donors (Lipinski definition) is 2. The minimum absolute atomic E-state index is 0.175. The average Bonchev–Trinajstić information content (AvgIpc) is 2.70. The Morgan fingerprint density at radius 2 is 1.78 bits per heavy atom. The van der Waals surface area contributed by atoms with Crippen LogP contribution in [0.3, 0.4) is 0 Å². The van der Waals surface area contributed by atoms with Crippen LogP contribution in [-0.4, -0.2) is 29.0 Å². The fourth-order valence-electron chi connectivity index (χ4n) is 2.30. The van der Waals surface area contributed by atoms with Crippen molar-refractivity contribution < 1.29 is 14.3 Å². The standard InChI is InChI=1S/C19H15ClN4O3/c1-27-18(26)15-11-14(6-7-16(15)20)23-17(25)12-4-2-5-13(10-12)24-19-21-8-3-9-22-19/h2-11H,1H3,(H,23,25)(H,21,22,24). The molecule has 8 heteroatoms. The summed E-state index contributed by atoms with van der Waals surface area (Å²) in [5.74, 6) is -0.494. The van der Waals surface area contributed by atoms with E-state index < -0.39 is 5.97 Å². The van der Waals surface area contributed by atoms with Crippen LogP contribution in [0.4, 0.5) is 17.3 Å². The summed E-state index contributed by atoms with van der Waals surface area (Å²) >= 11 is 5.99. The molecule has 0 unspecified atom stereocenters. The van der Waals surface area contributed by atoms with Gasteiger partial charge < -0.3 is 15.4 Å². The predicted molar refractivity (Wildman–Crippen MR) is 103 cm³/mol. The fourth-order valence-corrected chi connectivity index (χ4v) is 2.50. The molecule has 0 radical (unpaired) electrons. The molecule has 0 fully saturated rings. The van der Waals surface area contributed by atoms with Crippen LogP contribution in [0.15, 0.2) is 60.9 Å². The zero-order valence-electron chi connectivity index (χ0n) is 14.3. The molecule has 0 aliphatic rings. The molecule has 0 spiro atoms. The number of carbonyl (C=O) groups is 2. The molecular weight excluding hydrogens is 368 g/mol. The van der Waals surface area contributed by atoms with Gasteiger partial charge in [0.25, 0.3) is 5.91 Å². The number of nitrogens with one attached hydrogen (secondary N) is 2. The van der Waals surface area contributed by atoms with Gasteiger partial charge in [-0.25, -0.2) is 14.8 Å². The first-order valence-electron chi connectivity index (χ1n) is 7.90. The lowest BCUT2D eigenvalue weighted by Crippen LogP contribution is -2.13. The number of nitrogens with zero attached hydrogens (tertiary/aromatic N) is 2. The topological polar surface area (TPSA) is 93.2 Å². The lowest BCUT2D eigenvalue weighted by Gasteiger charge is -2.10. The first-order valence-corrected chi connectivity index (χ1v) is 8.28. The van der Waals surface area contributed by atoms with Crippen LogP contribution in [0.25, 0.3) is 0 Å². The summed E-state index contributed by atoms with van der Waals surface area (Å²) in [5.41, 5.74) is 1.69. The molecule has 0 atom stereocenters. The number of amides is 1. The van der Waals surface area contributed by atoms with Gasteiger partial charge in [0.05, 0.1) is 17.7 Å². The maximum Gasteiger partial charge on any atom is 0.339 e. The van der Waals surface area contributed by atoms with Crippen LogP contribution in [-0.2, 0) is 4.74 Å². The smallest absolute Gasteiger partial charge is 0.339 e. The summed E-state index contributed by atoms with van der Waals surface area (Å²) in [6.07, 6.45) is 3.23. The Morgan fingerprint density at radius 1 is 1.00 bits per heavy atom. The minimum atomic E-state index is -0.579. The van der Waals surface area contributed by atoms with Crippen LogP contribution >= 0.6 is 11.6 Å². The Balaban J connectivity index is 1.77. The van der Waals surface area contributed by atoms with Gasteiger partial charge in [0.2, 0.25) is 5.95 Å². The molecular formula is C19H15ClN4O3. The Morgan fingerprint density at radius 3 is 2.52 bits per heavy atom. The van der Waals surface area contributed by atoms with E-state index in [2.05, 4.69) is 25.3 Å². The van der Waals surface area contributed by atoms with Gasteiger partial charge in [-0.2, -0.15) is 0 Å². The van der Waals surface area contributed by atoms with E-state index in [0.717, 1.165) is 0 Å². The van der Waals surface area contributed by atoms with Gasteiger partial charge in [0, 0.05) is 29.3 Å². The second-order valence-electron chi connectivity index (χ2n) is 5.42. The SMILES string of the molecule is COC(=O)c1cc(NC(=O)c2cccc(Nc3ncccn3)c2)ccc1Cl. The molecule has 1 heterocycles. The van der Waals surface area contributed by atoms with Crippen molar-refractivity contribution in [3.05, 3.63) is 77.1 Å². The van der Waals surface area contributed by atoms with Crippen LogP contribution in [0.5, 0.6) is 0 Å². The Kier molecular flexibility index (Phi) is 5.63. The van der Waals surface area contributed by atoms with Crippen molar-refractivity contribution in [1.82, 2.24) is 9.97 Å². The van der Waals surface area contributed by atoms with E-state index in [1.54, 1.807) is 48.8 Å². The summed E-state index contributed by atoms with van der Waals surface area (Å²) in [5, 5.41) is 6.00. The highest BCUT2D eigenvalue weighted by Crippen LogP contribution is 2.22. The molecule has 0 bridgehead atoms. The third-order valence-corrected chi connectivity index (χ3v) is 3.91. The van der Waals surface area contributed by atoms with Crippen molar-refractivity contribution in [3.63, 3.8) is 0 Å². The van der Waals surface area contributed by atoms with Crippen LogP contribution in [0, 0.1) is 0 Å². The number of halogens is 1. The highest BCUT2D eigenvalue weighted by atomic mass is 35.5. The van der Waals surface area contributed by atoms with Crippen molar-refractivity contribution in [2.24, 2.45) is 0 Å². The van der Waals surface area contributed by atoms with Crippen molar-refractivity contribution in [1.29, 1.82) is 0 Å². The fraction of sp³-hybridized carbons (Fsp3) is 0.0526. The summed E-state index contributed by atoms with van der Waals surface area (Å²) in [6, 6.07) is 13.2. The Hall–Kier alpha value is -3.45. The number of benzene rings is 2. The van der Waals surface area contributed by atoms with Gasteiger partial charge in [0.15, 0.2) is 0 Å². The Labute approximate surface area is 160 Å². The second kappa shape index (κ2) is 8.29. The zero-order valence-corrected chi connectivity index (χ0v) is 15.0. The van der Waals surface area contributed by atoms with Crippen LogP contribution in [0.1, 0.15) is 20.7 Å². The molecule has 2 aromatic carbocycles. The summed E-state index contributed by atoms with van der Waals surface area (Å²) < 4.78 is 4.68. The van der Waals surface area contributed by atoms with E-state index in [-0.39, 0.29) is 16.5 Å². The number of esters is 1. The quantitative estimate of drug-likeness (QED) is 0.650. The monoisotopic (exact) mass is 382 g/mol. The summed E-state index contributed by atoms with van der Waals surface area (Å²) in [4.78, 5) is 32.4. The highest BCUT2D eigenvalue weighted by molar-refractivity contribution is 6.33. The number of methoxy groups -OCH3 is 1. The van der Waals surface area contributed by atoms with E-state index in [9.17, 15) is 9.59 Å². The molecule has 3 aromatic rings. The van der Waals surface area contributed by atoms with Gasteiger partial charge >= 0.3 is 5.97 Å². The average molecular weight is 383 g/mol. The van der Waals surface area contributed by atoms with E-state index in [1.165, 1.54) is 19.2 Å². The third-order valence-electron chi connectivity index (χ3n) is 3.58. The van der Waals surface area contributed by atoms with Gasteiger partial charge in [-0.3, -0.25) is 4.79 Å². The zero-order chi connectivity index (χ0) is 19.2. The number of rotatable bonds is 5. The predicted octanol–water partition coefficient (Wildman–Crippen LogP) is 3.91. The van der Waals surface area contributed by atoms with Crippen molar-refractivity contribution >= 4 is 40.8 Å². The second-order valence-corrected chi connectivity index (χ2v) is 5.83. The van der Waals surface area contributed by atoms with E-state index in [0.29, 0.717) is 22.9 Å². The molecule has 1 amide bonds. The summed E-state index contributed by atoms with van der Waals surface area (Å²) in [7, 11) is 1.26. The first kappa shape index (κ1) is 18.3. The Bertz CT molecular complexity index is 980. The van der Waals surface area contributed by atoms with E-state index in [1.807, 2.05) is 0 Å². The molecule has 27 heavy (non-hydrogen) atoms. The highest BCUT2D eigenvalue weighted by Gasteiger charge is 2.13. The number of aromatic nitrogens is 2. The molecule has 0 aliphatic carbocycles. The largest absolute Gasteiger partial charge is 0.465 e. The molecule has 0 saturated carbocycles. The molecule has 1 aromatic heterocycles. The molecule has 136 valence electrons. The van der Waals surface area contributed by atoms with Gasteiger partial charge in [-0.05, 0) is 42.5 Å². The molecule has 0 saturated heterocycles. The van der Waals surface area contributed by atoms with Crippen molar-refractivity contribution in [2.75, 3.05) is 17.7 Å². The maximum atomic E-state index is 12.5. The van der Waals surface area contributed by atoms with Crippen molar-refractivity contribution in [2.45, 2.75) is 0 Å². The number of anilines is 3. The van der Waals surface area contributed by atoms with Gasteiger partial charge in [-0.1, -0.05) is 17.7 Å². The lowest BCUT2D eigenvalue weighted by atomic mass is 10.1. The minimum Gasteiger partial charge on any atom is -0.465 e. The normalized spacial score (nSPS) is 10.1. The molecule has 7 nitrogen and oxygen atoms in total. The van der Waals surface area contributed by atoms with E-state index >= 15 is 0 Å². The maximum absolute atomic E-state index is 12.5. The molecule has 0 aliphatic heterocycles. The number of carbonyl (C=O) groups excluding carboxylic acids is 2. The van der Waals surface area contributed by atoms with Gasteiger partial charge in [0.1, 0.15) is 0 Å². The van der Waals surface area contributed by atoms with Crippen LogP contribution < -0.4 is 10.6 Å². The summed E-state index contributed by atoms with van der Waals surface area (Å²) in [6.45, 7) is 0.